The van der Waals surface area contributed by atoms with Crippen LogP contribution in [0.4, 0.5) is 5.69 Å². The van der Waals surface area contributed by atoms with Gasteiger partial charge in [0.15, 0.2) is 0 Å². The van der Waals surface area contributed by atoms with Gasteiger partial charge in [-0.2, -0.15) is 0 Å². The standard InChI is InChI=1S/C13H13NO2.C2H6/c15-13(16)12-10-6-3-5-8(10)9-4-1-2-7-11(9)14-12;1-2/h1-5,7-8,10,12,14H,6H2,(H,15,16);1-2H3. The van der Waals surface area contributed by atoms with Crippen LogP contribution in [0.3, 0.4) is 0 Å². The van der Waals surface area contributed by atoms with Crippen molar-refractivity contribution in [2.24, 2.45) is 5.92 Å². The summed E-state index contributed by atoms with van der Waals surface area (Å²) in [5, 5.41) is 12.3. The first-order chi connectivity index (χ1) is 8.77. The number of carboxylic acids is 1. The van der Waals surface area contributed by atoms with Gasteiger partial charge in [-0.1, -0.05) is 44.2 Å². The molecule has 1 aliphatic carbocycles. The Morgan fingerprint density at radius 2 is 2.06 bits per heavy atom. The van der Waals surface area contributed by atoms with Crippen LogP contribution in [-0.4, -0.2) is 17.1 Å². The number of carbonyl (C=O) groups is 1. The van der Waals surface area contributed by atoms with Gasteiger partial charge in [0, 0.05) is 17.5 Å². The summed E-state index contributed by atoms with van der Waals surface area (Å²) >= 11 is 0. The molecule has 3 atom stereocenters. The maximum Gasteiger partial charge on any atom is 0.326 e. The number of carboxylic acid groups (broad SMARTS) is 1. The molecule has 1 heterocycles. The molecule has 18 heavy (non-hydrogen) atoms. The van der Waals surface area contributed by atoms with Gasteiger partial charge >= 0.3 is 5.97 Å². The van der Waals surface area contributed by atoms with Gasteiger partial charge in [0.1, 0.15) is 6.04 Å². The van der Waals surface area contributed by atoms with E-state index in [4.69, 9.17) is 0 Å². The van der Waals surface area contributed by atoms with Gasteiger partial charge in [-0.15, -0.1) is 0 Å². The first-order valence-electron chi connectivity index (χ1n) is 6.52. The van der Waals surface area contributed by atoms with Crippen LogP contribution in [0.15, 0.2) is 36.4 Å². The monoisotopic (exact) mass is 245 g/mol. The molecule has 1 aromatic rings. The van der Waals surface area contributed by atoms with Gasteiger partial charge in [0.2, 0.25) is 0 Å². The molecule has 0 fully saturated rings. The van der Waals surface area contributed by atoms with E-state index in [0.717, 1.165) is 12.1 Å². The summed E-state index contributed by atoms with van der Waals surface area (Å²) in [7, 11) is 0. The lowest BCUT2D eigenvalue weighted by atomic mass is 9.79. The summed E-state index contributed by atoms with van der Waals surface area (Å²) in [4.78, 5) is 11.2. The van der Waals surface area contributed by atoms with E-state index in [-0.39, 0.29) is 11.8 Å². The zero-order valence-corrected chi connectivity index (χ0v) is 10.8. The van der Waals surface area contributed by atoms with Crippen LogP contribution in [0.2, 0.25) is 0 Å². The minimum absolute atomic E-state index is 0.160. The van der Waals surface area contributed by atoms with Crippen molar-refractivity contribution in [2.75, 3.05) is 5.32 Å². The lowest BCUT2D eigenvalue weighted by Crippen LogP contribution is -2.41. The average Bonchev–Trinajstić information content (AvgIpc) is 2.89. The van der Waals surface area contributed by atoms with E-state index in [1.807, 2.05) is 32.0 Å². The van der Waals surface area contributed by atoms with Gasteiger partial charge < -0.3 is 10.4 Å². The molecule has 0 saturated carbocycles. The lowest BCUT2D eigenvalue weighted by molar-refractivity contribution is -0.139. The van der Waals surface area contributed by atoms with Crippen molar-refractivity contribution >= 4 is 11.7 Å². The summed E-state index contributed by atoms with van der Waals surface area (Å²) in [6.45, 7) is 4.00. The summed E-state index contributed by atoms with van der Waals surface area (Å²) in [5.41, 5.74) is 2.18. The summed E-state index contributed by atoms with van der Waals surface area (Å²) in [6.07, 6.45) is 5.08. The molecule has 3 unspecified atom stereocenters. The van der Waals surface area contributed by atoms with E-state index < -0.39 is 12.0 Å². The molecule has 2 N–H and O–H groups in total. The van der Waals surface area contributed by atoms with Crippen molar-refractivity contribution in [1.29, 1.82) is 0 Å². The SMILES string of the molecule is CC.O=C(O)C1Nc2ccccc2C2C=CCC12. The first-order valence-corrected chi connectivity index (χ1v) is 6.52. The summed E-state index contributed by atoms with van der Waals surface area (Å²) < 4.78 is 0. The minimum atomic E-state index is -0.756. The number of fused-ring (bicyclic) bond motifs is 3. The highest BCUT2D eigenvalue weighted by atomic mass is 16.4. The Kier molecular flexibility index (Phi) is 3.70. The second-order valence-electron chi connectivity index (χ2n) is 4.40. The fraction of sp³-hybridized carbons (Fsp3) is 0.400. The first kappa shape index (κ1) is 12.7. The number of rotatable bonds is 1. The Hall–Kier alpha value is -1.77. The van der Waals surface area contributed by atoms with Crippen LogP contribution >= 0.6 is 0 Å². The second kappa shape index (κ2) is 5.25. The van der Waals surface area contributed by atoms with Gasteiger partial charge in [-0.25, -0.2) is 4.79 Å². The molecule has 0 amide bonds. The van der Waals surface area contributed by atoms with Crippen molar-refractivity contribution < 1.29 is 9.90 Å². The van der Waals surface area contributed by atoms with E-state index in [1.54, 1.807) is 0 Å². The average molecular weight is 245 g/mol. The van der Waals surface area contributed by atoms with Crippen LogP contribution in [0, 0.1) is 5.92 Å². The Balaban J connectivity index is 0.000000574. The highest BCUT2D eigenvalue weighted by Crippen LogP contribution is 2.44. The summed E-state index contributed by atoms with van der Waals surface area (Å²) in [5.74, 6) is -0.334. The number of anilines is 1. The van der Waals surface area contributed by atoms with E-state index in [1.165, 1.54) is 5.56 Å². The maximum absolute atomic E-state index is 11.2. The van der Waals surface area contributed by atoms with E-state index in [9.17, 15) is 9.90 Å². The quantitative estimate of drug-likeness (QED) is 0.747. The Morgan fingerprint density at radius 3 is 2.78 bits per heavy atom. The molecule has 2 aliphatic rings. The number of allylic oxidation sites excluding steroid dienone is 2. The largest absolute Gasteiger partial charge is 0.480 e. The van der Waals surface area contributed by atoms with Gasteiger partial charge in [0.25, 0.3) is 0 Å². The molecule has 0 spiro atoms. The van der Waals surface area contributed by atoms with Gasteiger partial charge in [-0.3, -0.25) is 0 Å². The van der Waals surface area contributed by atoms with Crippen molar-refractivity contribution in [3.05, 3.63) is 42.0 Å². The van der Waals surface area contributed by atoms with Crippen molar-refractivity contribution in [3.8, 4) is 0 Å². The molecule has 1 aliphatic heterocycles. The molecular weight excluding hydrogens is 226 g/mol. The minimum Gasteiger partial charge on any atom is -0.480 e. The topological polar surface area (TPSA) is 49.3 Å². The molecule has 0 aromatic heterocycles. The molecule has 3 heteroatoms. The number of hydrogen-bond acceptors (Lipinski definition) is 2. The fourth-order valence-electron chi connectivity index (χ4n) is 2.79. The Morgan fingerprint density at radius 1 is 1.33 bits per heavy atom. The highest BCUT2D eigenvalue weighted by molar-refractivity contribution is 5.80. The third-order valence-electron chi connectivity index (χ3n) is 3.54. The predicted octanol–water partition coefficient (Wildman–Crippen LogP) is 3.25. The molecule has 96 valence electrons. The van der Waals surface area contributed by atoms with Crippen molar-refractivity contribution in [3.63, 3.8) is 0 Å². The number of benzene rings is 1. The smallest absolute Gasteiger partial charge is 0.326 e. The lowest BCUT2D eigenvalue weighted by Gasteiger charge is -2.34. The number of nitrogens with one attached hydrogen (secondary N) is 1. The van der Waals surface area contributed by atoms with Crippen molar-refractivity contribution in [2.45, 2.75) is 32.2 Å². The molecule has 0 bridgehead atoms. The predicted molar refractivity (Wildman–Crippen MR) is 72.8 cm³/mol. The zero-order valence-electron chi connectivity index (χ0n) is 10.8. The second-order valence-corrected chi connectivity index (χ2v) is 4.40. The summed E-state index contributed by atoms with van der Waals surface area (Å²) in [6, 6.07) is 7.51. The molecule has 1 aromatic carbocycles. The van der Waals surface area contributed by atoms with E-state index in [0.29, 0.717) is 0 Å². The van der Waals surface area contributed by atoms with Crippen LogP contribution in [0.25, 0.3) is 0 Å². The Labute approximate surface area is 108 Å². The highest BCUT2D eigenvalue weighted by Gasteiger charge is 2.40. The van der Waals surface area contributed by atoms with E-state index in [2.05, 4.69) is 23.5 Å². The van der Waals surface area contributed by atoms with Crippen LogP contribution in [-0.2, 0) is 4.79 Å². The third kappa shape index (κ3) is 2.01. The van der Waals surface area contributed by atoms with Gasteiger partial charge in [0.05, 0.1) is 0 Å². The molecule has 0 saturated heterocycles. The Bertz CT molecular complexity index is 467. The third-order valence-corrected chi connectivity index (χ3v) is 3.54. The molecule has 3 nitrogen and oxygen atoms in total. The molecular formula is C15H19NO2. The molecule has 3 rings (SSSR count). The zero-order chi connectivity index (χ0) is 13.1. The van der Waals surface area contributed by atoms with Crippen LogP contribution in [0.5, 0.6) is 0 Å². The van der Waals surface area contributed by atoms with Crippen LogP contribution in [0.1, 0.15) is 31.7 Å². The fourth-order valence-corrected chi connectivity index (χ4v) is 2.79. The normalized spacial score (nSPS) is 27.3. The van der Waals surface area contributed by atoms with Crippen molar-refractivity contribution in [1.82, 2.24) is 0 Å². The molecule has 0 radical (unpaired) electrons. The number of hydrogen-bond donors (Lipinski definition) is 2. The van der Waals surface area contributed by atoms with E-state index >= 15 is 0 Å². The maximum atomic E-state index is 11.2. The number of aliphatic carboxylic acids is 1. The van der Waals surface area contributed by atoms with Crippen LogP contribution < -0.4 is 5.32 Å². The number of para-hydroxylation sites is 1. The van der Waals surface area contributed by atoms with Gasteiger partial charge in [-0.05, 0) is 18.1 Å².